The summed E-state index contributed by atoms with van der Waals surface area (Å²) in [6, 6.07) is 100. The first-order valence-electron chi connectivity index (χ1n) is 35.3. The second-order valence-corrected chi connectivity index (χ2v) is 30.2. The second kappa shape index (κ2) is 22.1. The van der Waals surface area contributed by atoms with E-state index < -0.39 is 0 Å². The maximum absolute atomic E-state index is 7.04. The lowest BCUT2D eigenvalue weighted by Gasteiger charge is -2.48. The average molecular weight is 1290 g/mol. The molecule has 0 aromatic heterocycles. The molecular weight excluding hydrogens is 1220 g/mol. The molecule has 0 spiro atoms. The average Bonchev–Trinajstić information content (AvgIpc) is 0.679. The van der Waals surface area contributed by atoms with E-state index in [1.807, 2.05) is 0 Å². The van der Waals surface area contributed by atoms with E-state index in [4.69, 9.17) is 9.47 Å². The third-order valence-electron chi connectivity index (χ3n) is 22.0. The van der Waals surface area contributed by atoms with E-state index in [2.05, 4.69) is 361 Å². The van der Waals surface area contributed by atoms with Crippen molar-refractivity contribution in [3.05, 3.63) is 300 Å². The quantitative estimate of drug-likeness (QED) is 0.147. The highest BCUT2D eigenvalue weighted by molar-refractivity contribution is 7.04. The van der Waals surface area contributed by atoms with Crippen molar-refractivity contribution >= 4 is 155 Å². The molecule has 0 amide bonds. The third-order valence-corrected chi connectivity index (χ3v) is 22.0. The molecule has 0 fully saturated rings. The monoisotopic (exact) mass is 1290 g/mol. The Morgan fingerprint density at radius 3 is 0.980 bits per heavy atom. The fourth-order valence-corrected chi connectivity index (χ4v) is 17.6. The maximum atomic E-state index is 7.04. The van der Waals surface area contributed by atoms with Crippen LogP contribution < -0.4 is 83.1 Å². The smallest absolute Gasteiger partial charge is 0.256 e. The van der Waals surface area contributed by atoms with Crippen molar-refractivity contribution < 1.29 is 9.47 Å². The highest BCUT2D eigenvalue weighted by Gasteiger charge is 2.51. The van der Waals surface area contributed by atoms with Gasteiger partial charge in [-0.25, -0.2) is 0 Å². The van der Waals surface area contributed by atoms with E-state index in [0.717, 1.165) is 108 Å². The minimum Gasteiger partial charge on any atom is -0.458 e. The van der Waals surface area contributed by atoms with Gasteiger partial charge in [0.15, 0.2) is 0 Å². The van der Waals surface area contributed by atoms with Crippen molar-refractivity contribution in [3.63, 3.8) is 0 Å². The van der Waals surface area contributed by atoms with Gasteiger partial charge in [-0.2, -0.15) is 0 Å². The fraction of sp³-hybridized carbons (Fsp3) is 0.133. The van der Waals surface area contributed by atoms with E-state index in [9.17, 15) is 0 Å². The Hall–Kier alpha value is -11.3. The first kappa shape index (κ1) is 59.9. The van der Waals surface area contributed by atoms with Crippen molar-refractivity contribution in [2.24, 2.45) is 0 Å². The summed E-state index contributed by atoms with van der Waals surface area (Å²) in [5.41, 5.74) is 34.8. The van der Waals surface area contributed by atoms with Gasteiger partial charge in [0.05, 0.1) is 17.1 Å². The largest absolute Gasteiger partial charge is 0.458 e. The number of para-hydroxylation sites is 6. The lowest BCUT2D eigenvalue weighted by Crippen LogP contribution is -2.66. The lowest BCUT2D eigenvalue weighted by atomic mass is 9.29. The van der Waals surface area contributed by atoms with Crippen LogP contribution in [0.25, 0.3) is 0 Å². The topological polar surface area (TPSA) is 34.7 Å². The van der Waals surface area contributed by atoms with Crippen LogP contribution in [-0.4, -0.2) is 20.1 Å². The zero-order valence-electron chi connectivity index (χ0n) is 58.2. The molecular formula is C90H74B3N5O2. The standard InChI is InChI=1S/C90H74B3N5O2/c1-55-45-59(89(5,6)7)46-56(2)87(55)97-76-53-74-68(91-66-37-23-25-41-80(66)99-82-43-27-39-72(85(82)91)95(74)63-33-19-13-20-34-63)51-70(76)93-71-52-69-75(96(64-35-21-14-22-36-64)73-40-28-44-83-86(73)92(69)67-38-24-26-42-81(67)100-83)54-77(71)98(88-57(3)47-60(48-58(88)4)90(8,9)10)79-50-65(49-78(97)84(79)93)94(61-29-15-11-16-30-61)62-31-17-12-18-32-62/h11-54H,1-10H3. The molecule has 0 saturated carbocycles. The number of hydrogen-bond donors (Lipinski definition) is 0. The maximum Gasteiger partial charge on any atom is 0.256 e. The number of benzene rings is 13. The highest BCUT2D eigenvalue weighted by atomic mass is 16.5. The Bertz CT molecular complexity index is 5190. The van der Waals surface area contributed by atoms with Crippen LogP contribution in [0.2, 0.25) is 0 Å². The van der Waals surface area contributed by atoms with Crippen LogP contribution in [0.15, 0.2) is 267 Å². The van der Waals surface area contributed by atoms with E-state index in [1.54, 1.807) is 0 Å². The lowest BCUT2D eigenvalue weighted by molar-refractivity contribution is 0.487. The van der Waals surface area contributed by atoms with Gasteiger partial charge in [0.1, 0.15) is 23.0 Å². The molecule has 19 rings (SSSR count). The molecule has 0 radical (unpaired) electrons. The van der Waals surface area contributed by atoms with Crippen LogP contribution in [0.4, 0.5) is 85.3 Å². The molecule has 6 heterocycles. The van der Waals surface area contributed by atoms with Crippen molar-refractivity contribution in [2.45, 2.75) is 80.1 Å². The number of fused-ring (bicyclic) bond motifs is 12. The van der Waals surface area contributed by atoms with Gasteiger partial charge in [0, 0.05) is 68.2 Å². The van der Waals surface area contributed by atoms with Gasteiger partial charge in [-0.3, -0.25) is 0 Å². The van der Waals surface area contributed by atoms with Gasteiger partial charge in [-0.05, 0) is 230 Å². The molecule has 6 aliphatic rings. The van der Waals surface area contributed by atoms with Gasteiger partial charge < -0.3 is 34.0 Å². The van der Waals surface area contributed by atoms with Crippen LogP contribution in [0.1, 0.15) is 74.9 Å². The van der Waals surface area contributed by atoms with E-state index in [0.29, 0.717) is 0 Å². The molecule has 0 unspecified atom stereocenters. The number of ether oxygens (including phenoxy) is 2. The van der Waals surface area contributed by atoms with E-state index >= 15 is 0 Å². The summed E-state index contributed by atoms with van der Waals surface area (Å²) in [7, 11) is 0. The minimum absolute atomic E-state index is 0.102. The second-order valence-electron chi connectivity index (χ2n) is 30.2. The summed E-state index contributed by atoms with van der Waals surface area (Å²) in [5, 5.41) is 0. The summed E-state index contributed by atoms with van der Waals surface area (Å²) in [6.45, 7) is 22.8. The van der Waals surface area contributed by atoms with Crippen molar-refractivity contribution in [3.8, 4) is 23.0 Å². The number of anilines is 15. The first-order valence-corrected chi connectivity index (χ1v) is 35.3. The van der Waals surface area contributed by atoms with Gasteiger partial charge >= 0.3 is 0 Å². The number of nitrogens with zero attached hydrogens (tertiary/aromatic N) is 5. The van der Waals surface area contributed by atoms with Crippen LogP contribution in [0.5, 0.6) is 23.0 Å². The van der Waals surface area contributed by atoms with Gasteiger partial charge in [-0.1, -0.05) is 199 Å². The molecule has 13 aromatic carbocycles. The number of hydrogen-bond acceptors (Lipinski definition) is 7. The Morgan fingerprint density at radius 1 is 0.270 bits per heavy atom. The van der Waals surface area contributed by atoms with Crippen molar-refractivity contribution in [2.75, 3.05) is 24.5 Å². The molecule has 0 N–H and O–H groups in total. The van der Waals surface area contributed by atoms with E-state index in [-0.39, 0.29) is 31.0 Å². The third kappa shape index (κ3) is 8.94. The molecule has 6 aliphatic heterocycles. The fourth-order valence-electron chi connectivity index (χ4n) is 17.6. The molecule has 0 atom stereocenters. The summed E-state index contributed by atoms with van der Waals surface area (Å²) >= 11 is 0. The molecule has 10 heteroatoms. The summed E-state index contributed by atoms with van der Waals surface area (Å²) in [4.78, 5) is 12.9. The summed E-state index contributed by atoms with van der Waals surface area (Å²) in [6.07, 6.45) is 0. The normalized spacial score (nSPS) is 13.9. The Morgan fingerprint density at radius 2 is 0.600 bits per heavy atom. The molecule has 0 saturated heterocycles. The molecule has 7 nitrogen and oxygen atoms in total. The SMILES string of the molecule is Cc1cc(C(C)(C)C)cc(C)c1N1c2cc3c(cc2B2c4cc5c(cc4N(c4c(C)cc(C(C)(C)C)cc4C)c4cc(N(c6ccccc6)c6ccccc6)cc1c42)N(c1ccccc1)c1cccc2c1B5c1ccccc1O2)B1c2ccccc2Oc2cccc(c21)N3c1ccccc1. The van der Waals surface area contributed by atoms with E-state index in [1.165, 1.54) is 83.0 Å². The number of rotatable bonds is 7. The first-order chi connectivity index (χ1) is 48.6. The van der Waals surface area contributed by atoms with Crippen LogP contribution in [0.3, 0.4) is 0 Å². The highest BCUT2D eigenvalue weighted by Crippen LogP contribution is 2.54. The molecule has 0 aliphatic carbocycles. The molecule has 100 heavy (non-hydrogen) atoms. The summed E-state index contributed by atoms with van der Waals surface area (Å²) in [5.74, 6) is 3.53. The predicted molar refractivity (Wildman–Crippen MR) is 423 cm³/mol. The van der Waals surface area contributed by atoms with Crippen LogP contribution in [-0.2, 0) is 10.8 Å². The predicted octanol–water partition coefficient (Wildman–Crippen LogP) is 17.9. The van der Waals surface area contributed by atoms with Gasteiger partial charge in [0.25, 0.3) is 20.1 Å². The minimum atomic E-state index is -0.313. The summed E-state index contributed by atoms with van der Waals surface area (Å²) < 4.78 is 14.1. The Labute approximate surface area is 588 Å². The molecule has 13 aromatic rings. The van der Waals surface area contributed by atoms with Gasteiger partial charge in [0.2, 0.25) is 0 Å². The molecule has 480 valence electrons. The molecule has 0 bridgehead atoms. The van der Waals surface area contributed by atoms with Crippen molar-refractivity contribution in [1.82, 2.24) is 0 Å². The number of aryl methyl sites for hydroxylation is 4. The zero-order valence-corrected chi connectivity index (χ0v) is 58.2. The zero-order chi connectivity index (χ0) is 67.8. The van der Waals surface area contributed by atoms with Crippen LogP contribution >= 0.6 is 0 Å². The van der Waals surface area contributed by atoms with Gasteiger partial charge in [-0.15, -0.1) is 0 Å². The Kier molecular flexibility index (Phi) is 13.2. The van der Waals surface area contributed by atoms with Crippen LogP contribution in [0, 0.1) is 27.7 Å². The van der Waals surface area contributed by atoms with Crippen molar-refractivity contribution in [1.29, 1.82) is 0 Å². The Balaban J connectivity index is 1.01.